The van der Waals surface area contributed by atoms with Crippen molar-refractivity contribution in [2.75, 3.05) is 25.5 Å². The molecule has 3 N–H and O–H groups in total. The van der Waals surface area contributed by atoms with E-state index in [4.69, 9.17) is 0 Å². The third-order valence-corrected chi connectivity index (χ3v) is 3.68. The Morgan fingerprint density at radius 2 is 1.95 bits per heavy atom. The molecule has 0 spiro atoms. The van der Waals surface area contributed by atoms with Crippen LogP contribution in [0.1, 0.15) is 6.92 Å². The van der Waals surface area contributed by atoms with Gasteiger partial charge in [-0.25, -0.2) is 17.5 Å². The van der Waals surface area contributed by atoms with Crippen molar-refractivity contribution in [1.82, 2.24) is 10.0 Å². The van der Waals surface area contributed by atoms with Gasteiger partial charge in [0.15, 0.2) is 0 Å². The highest BCUT2D eigenvalue weighted by Gasteiger charge is 2.16. The number of hydrogen-bond donors (Lipinski definition) is 3. The van der Waals surface area contributed by atoms with Crippen molar-refractivity contribution < 1.29 is 17.6 Å². The van der Waals surface area contributed by atoms with Crippen LogP contribution < -0.4 is 15.4 Å². The Hall–Kier alpha value is -1.22. The molecule has 0 bridgehead atoms. The molecule has 1 rings (SSSR count). The van der Waals surface area contributed by atoms with Crippen molar-refractivity contribution >= 4 is 34.0 Å². The first-order valence-electron chi connectivity index (χ1n) is 5.58. The van der Waals surface area contributed by atoms with Crippen LogP contribution in [0.3, 0.4) is 0 Å². The summed E-state index contributed by atoms with van der Waals surface area (Å²) in [6.45, 7) is 1.90. The van der Waals surface area contributed by atoms with Gasteiger partial charge in [-0.2, -0.15) is 0 Å². The Bertz CT molecular complexity index is 566. The monoisotopic (exact) mass is 325 g/mol. The first-order valence-corrected chi connectivity index (χ1v) is 7.06. The number of benzene rings is 1. The molecule has 20 heavy (non-hydrogen) atoms. The molecule has 0 aliphatic rings. The third-order valence-electron chi connectivity index (χ3n) is 2.23. The van der Waals surface area contributed by atoms with Crippen LogP contribution in [0.5, 0.6) is 0 Å². The zero-order chi connectivity index (χ0) is 14.5. The van der Waals surface area contributed by atoms with E-state index in [9.17, 15) is 17.6 Å². The Labute approximate surface area is 123 Å². The summed E-state index contributed by atoms with van der Waals surface area (Å²) in [7, 11) is -2.02. The van der Waals surface area contributed by atoms with Gasteiger partial charge >= 0.3 is 0 Å². The number of likely N-dealkylation sites (N-methyl/N-ethyl adjacent to an activating group) is 1. The van der Waals surface area contributed by atoms with Crippen LogP contribution in [-0.4, -0.2) is 34.5 Å². The summed E-state index contributed by atoms with van der Waals surface area (Å²) < 4.78 is 39.5. The van der Waals surface area contributed by atoms with Crippen molar-refractivity contribution in [2.45, 2.75) is 11.8 Å². The Balaban J connectivity index is 0.00000361. The fourth-order valence-electron chi connectivity index (χ4n) is 1.35. The minimum atomic E-state index is -3.72. The lowest BCUT2D eigenvalue weighted by Gasteiger charge is -2.09. The predicted octanol–water partition coefficient (Wildman–Crippen LogP) is 0.704. The van der Waals surface area contributed by atoms with Gasteiger partial charge in [-0.1, -0.05) is 0 Å². The summed E-state index contributed by atoms with van der Waals surface area (Å²) in [6.07, 6.45) is 0. The summed E-state index contributed by atoms with van der Waals surface area (Å²) in [4.78, 5) is 10.8. The highest BCUT2D eigenvalue weighted by atomic mass is 35.5. The number of carbonyl (C=O) groups is 1. The first-order chi connectivity index (χ1) is 8.86. The van der Waals surface area contributed by atoms with Gasteiger partial charge < -0.3 is 10.6 Å². The minimum absolute atomic E-state index is 0. The predicted molar refractivity (Wildman–Crippen MR) is 77.1 cm³/mol. The molecular formula is C11H17ClFN3O3S. The topological polar surface area (TPSA) is 87.3 Å². The average molecular weight is 326 g/mol. The van der Waals surface area contributed by atoms with Crippen LogP contribution in [0.25, 0.3) is 0 Å². The maximum absolute atomic E-state index is 13.4. The highest BCUT2D eigenvalue weighted by Crippen LogP contribution is 2.19. The molecule has 0 atom stereocenters. The first kappa shape index (κ1) is 18.8. The molecule has 1 aromatic carbocycles. The van der Waals surface area contributed by atoms with Crippen LogP contribution >= 0.6 is 12.4 Å². The van der Waals surface area contributed by atoms with Gasteiger partial charge in [-0.3, -0.25) is 4.79 Å². The van der Waals surface area contributed by atoms with Crippen LogP contribution in [0.4, 0.5) is 10.1 Å². The van der Waals surface area contributed by atoms with E-state index in [1.54, 1.807) is 7.05 Å². The smallest absolute Gasteiger partial charge is 0.240 e. The summed E-state index contributed by atoms with van der Waals surface area (Å²) in [6, 6.07) is 3.22. The standard InChI is InChI=1S/C11H16FN3O3S.ClH/c1-8(16)15-11-7-9(3-4-10(11)12)19(17,18)14-6-5-13-2;/h3-4,7,13-14H,5-6H2,1-2H3,(H,15,16);1H. The molecule has 0 fully saturated rings. The van der Waals surface area contributed by atoms with Crippen molar-refractivity contribution in [3.63, 3.8) is 0 Å². The van der Waals surface area contributed by atoms with Gasteiger partial charge in [0.1, 0.15) is 5.82 Å². The minimum Gasteiger partial charge on any atom is -0.324 e. The SMILES string of the molecule is CNCCNS(=O)(=O)c1ccc(F)c(NC(C)=O)c1.Cl. The molecule has 1 amide bonds. The van der Waals surface area contributed by atoms with Crippen molar-refractivity contribution in [2.24, 2.45) is 0 Å². The summed E-state index contributed by atoms with van der Waals surface area (Å²) in [5, 5.41) is 5.03. The van der Waals surface area contributed by atoms with Gasteiger partial charge in [0, 0.05) is 20.0 Å². The molecule has 1 aromatic rings. The molecule has 0 saturated heterocycles. The lowest BCUT2D eigenvalue weighted by Crippen LogP contribution is -2.30. The van der Waals surface area contributed by atoms with Crippen molar-refractivity contribution in [1.29, 1.82) is 0 Å². The van der Waals surface area contributed by atoms with Gasteiger partial charge in [0.05, 0.1) is 10.6 Å². The number of halogens is 2. The third kappa shape index (κ3) is 5.41. The Kier molecular flexibility index (Phi) is 7.66. The lowest BCUT2D eigenvalue weighted by atomic mass is 10.3. The van der Waals surface area contributed by atoms with E-state index in [1.165, 1.54) is 6.92 Å². The number of nitrogens with one attached hydrogen (secondary N) is 3. The molecule has 0 aliphatic carbocycles. The molecule has 114 valence electrons. The molecule has 6 nitrogen and oxygen atoms in total. The zero-order valence-electron chi connectivity index (χ0n) is 11.1. The summed E-state index contributed by atoms with van der Waals surface area (Å²) >= 11 is 0. The van der Waals surface area contributed by atoms with E-state index in [0.29, 0.717) is 6.54 Å². The van der Waals surface area contributed by atoms with Gasteiger partial charge in [-0.15, -0.1) is 12.4 Å². The summed E-state index contributed by atoms with van der Waals surface area (Å²) in [5.74, 6) is -1.17. The number of carbonyl (C=O) groups excluding carboxylic acids is 1. The number of rotatable bonds is 6. The van der Waals surface area contributed by atoms with Crippen LogP contribution in [0.2, 0.25) is 0 Å². The maximum atomic E-state index is 13.4. The second-order valence-corrected chi connectivity index (χ2v) is 5.59. The fraction of sp³-hybridized carbons (Fsp3) is 0.364. The van der Waals surface area contributed by atoms with E-state index in [0.717, 1.165) is 18.2 Å². The Morgan fingerprint density at radius 3 is 2.50 bits per heavy atom. The zero-order valence-corrected chi connectivity index (χ0v) is 12.7. The largest absolute Gasteiger partial charge is 0.324 e. The number of anilines is 1. The molecule has 0 saturated carbocycles. The Morgan fingerprint density at radius 1 is 1.30 bits per heavy atom. The second kappa shape index (κ2) is 8.15. The molecule has 0 heterocycles. The maximum Gasteiger partial charge on any atom is 0.240 e. The van der Waals surface area contributed by atoms with Gasteiger partial charge in [-0.05, 0) is 25.2 Å². The average Bonchev–Trinajstić information content (AvgIpc) is 2.31. The normalized spacial score (nSPS) is 10.8. The molecular weight excluding hydrogens is 309 g/mol. The van der Waals surface area contributed by atoms with Crippen LogP contribution in [0, 0.1) is 5.82 Å². The quantitative estimate of drug-likeness (QED) is 0.672. The van der Waals surface area contributed by atoms with Crippen molar-refractivity contribution in [3.8, 4) is 0 Å². The van der Waals surface area contributed by atoms with Gasteiger partial charge in [0.2, 0.25) is 15.9 Å². The fourth-order valence-corrected chi connectivity index (χ4v) is 2.41. The van der Waals surface area contributed by atoms with E-state index < -0.39 is 21.7 Å². The lowest BCUT2D eigenvalue weighted by molar-refractivity contribution is -0.114. The van der Waals surface area contributed by atoms with E-state index in [-0.39, 0.29) is 29.5 Å². The van der Waals surface area contributed by atoms with Crippen molar-refractivity contribution in [3.05, 3.63) is 24.0 Å². The highest BCUT2D eigenvalue weighted by molar-refractivity contribution is 7.89. The number of hydrogen-bond acceptors (Lipinski definition) is 4. The van der Waals surface area contributed by atoms with E-state index in [2.05, 4.69) is 15.4 Å². The number of sulfonamides is 1. The molecule has 9 heteroatoms. The van der Waals surface area contributed by atoms with Crippen LogP contribution in [-0.2, 0) is 14.8 Å². The molecule has 0 radical (unpaired) electrons. The molecule has 0 aromatic heterocycles. The van der Waals surface area contributed by atoms with E-state index >= 15 is 0 Å². The van der Waals surface area contributed by atoms with Gasteiger partial charge in [0.25, 0.3) is 0 Å². The number of amides is 1. The molecule has 0 unspecified atom stereocenters. The second-order valence-electron chi connectivity index (χ2n) is 3.82. The van der Waals surface area contributed by atoms with E-state index in [1.807, 2.05) is 0 Å². The van der Waals surface area contributed by atoms with Crippen LogP contribution in [0.15, 0.2) is 23.1 Å². The summed E-state index contributed by atoms with van der Waals surface area (Å²) in [5.41, 5.74) is -0.163. The molecule has 0 aliphatic heterocycles.